The summed E-state index contributed by atoms with van der Waals surface area (Å²) in [7, 11) is 0. The second kappa shape index (κ2) is 9.92. The predicted octanol–water partition coefficient (Wildman–Crippen LogP) is 1.88. The summed E-state index contributed by atoms with van der Waals surface area (Å²) in [6.45, 7) is 0.189. The second-order valence-electron chi connectivity index (χ2n) is 6.83. The van der Waals surface area contributed by atoms with Crippen LogP contribution in [0.15, 0.2) is 23.4 Å². The molecule has 3 heterocycles. The molecule has 0 aliphatic carbocycles. The molecule has 13 heteroatoms. The SMILES string of the molecule is N#Cc1cc(Cn2cnc(C(F)(F)F)c(F)c2=O)[n+]([O-])cc1OCCOC1CCCCO1. The maximum absolute atomic E-state index is 13.8. The van der Waals surface area contributed by atoms with Crippen LogP contribution in [-0.2, 0) is 22.2 Å². The van der Waals surface area contributed by atoms with Crippen molar-refractivity contribution in [1.82, 2.24) is 9.55 Å². The first-order valence-electron chi connectivity index (χ1n) is 9.55. The zero-order valence-corrected chi connectivity index (χ0v) is 16.6. The second-order valence-corrected chi connectivity index (χ2v) is 6.83. The van der Waals surface area contributed by atoms with Crippen molar-refractivity contribution in [2.45, 2.75) is 38.3 Å². The molecule has 1 saturated heterocycles. The van der Waals surface area contributed by atoms with Crippen LogP contribution in [0.1, 0.15) is 36.2 Å². The molecule has 1 aliphatic heterocycles. The molecule has 0 saturated carbocycles. The van der Waals surface area contributed by atoms with Crippen molar-refractivity contribution in [2.75, 3.05) is 19.8 Å². The lowest BCUT2D eigenvalue weighted by atomic mass is 10.2. The summed E-state index contributed by atoms with van der Waals surface area (Å²) in [5, 5.41) is 21.6. The highest BCUT2D eigenvalue weighted by Crippen LogP contribution is 2.28. The van der Waals surface area contributed by atoms with Crippen molar-refractivity contribution in [3.8, 4) is 11.8 Å². The monoisotopic (exact) mass is 458 g/mol. The number of halogens is 4. The van der Waals surface area contributed by atoms with Crippen LogP contribution in [0.4, 0.5) is 17.6 Å². The fraction of sp³-hybridized carbons (Fsp3) is 0.474. The first-order chi connectivity index (χ1) is 15.2. The maximum Gasteiger partial charge on any atom is 0.436 e. The van der Waals surface area contributed by atoms with Gasteiger partial charge in [0, 0.05) is 12.7 Å². The molecule has 0 radical (unpaired) electrons. The number of hydrogen-bond donors (Lipinski definition) is 0. The van der Waals surface area contributed by atoms with Crippen LogP contribution in [0.3, 0.4) is 0 Å². The fourth-order valence-corrected chi connectivity index (χ4v) is 3.00. The minimum atomic E-state index is -5.14. The van der Waals surface area contributed by atoms with Crippen molar-refractivity contribution >= 4 is 0 Å². The van der Waals surface area contributed by atoms with Crippen molar-refractivity contribution in [3.05, 3.63) is 56.9 Å². The largest absolute Gasteiger partial charge is 0.618 e. The lowest BCUT2D eigenvalue weighted by molar-refractivity contribution is -0.614. The minimum absolute atomic E-state index is 0.0291. The van der Waals surface area contributed by atoms with Gasteiger partial charge in [-0.05, 0) is 19.3 Å². The Kier molecular flexibility index (Phi) is 7.26. The van der Waals surface area contributed by atoms with E-state index >= 15 is 0 Å². The van der Waals surface area contributed by atoms with Gasteiger partial charge in [-0.2, -0.15) is 27.6 Å². The van der Waals surface area contributed by atoms with E-state index in [-0.39, 0.29) is 41.2 Å². The van der Waals surface area contributed by atoms with Crippen molar-refractivity contribution < 1.29 is 36.5 Å². The lowest BCUT2D eigenvalue weighted by Gasteiger charge is -2.22. The third-order valence-electron chi connectivity index (χ3n) is 4.58. The summed E-state index contributed by atoms with van der Waals surface area (Å²) >= 11 is 0. The Morgan fingerprint density at radius 2 is 2.16 bits per heavy atom. The predicted molar refractivity (Wildman–Crippen MR) is 97.7 cm³/mol. The summed E-state index contributed by atoms with van der Waals surface area (Å²) in [5.74, 6) is -2.14. The van der Waals surface area contributed by atoms with Gasteiger partial charge in [-0.15, -0.1) is 0 Å². The van der Waals surface area contributed by atoms with E-state index in [0.29, 0.717) is 17.5 Å². The summed E-state index contributed by atoms with van der Waals surface area (Å²) in [4.78, 5) is 14.8. The van der Waals surface area contributed by atoms with Gasteiger partial charge in [0.2, 0.25) is 23.5 Å². The maximum atomic E-state index is 13.8. The Hall–Kier alpha value is -3.24. The Morgan fingerprint density at radius 1 is 1.38 bits per heavy atom. The molecule has 0 aromatic carbocycles. The number of nitrogens with zero attached hydrogens (tertiary/aromatic N) is 4. The summed E-state index contributed by atoms with van der Waals surface area (Å²) in [5.41, 5.74) is -3.82. The normalized spacial score (nSPS) is 16.5. The van der Waals surface area contributed by atoms with Gasteiger partial charge in [0.15, 0.2) is 12.0 Å². The van der Waals surface area contributed by atoms with E-state index in [0.717, 1.165) is 31.5 Å². The van der Waals surface area contributed by atoms with E-state index in [1.807, 2.05) is 6.07 Å². The van der Waals surface area contributed by atoms with Gasteiger partial charge in [0.1, 0.15) is 24.8 Å². The van der Waals surface area contributed by atoms with Crippen molar-refractivity contribution in [1.29, 1.82) is 5.26 Å². The van der Waals surface area contributed by atoms with Gasteiger partial charge >= 0.3 is 6.18 Å². The van der Waals surface area contributed by atoms with Gasteiger partial charge in [0.05, 0.1) is 12.9 Å². The number of nitriles is 1. The highest BCUT2D eigenvalue weighted by Gasteiger charge is 2.38. The third-order valence-corrected chi connectivity index (χ3v) is 4.58. The van der Waals surface area contributed by atoms with Crippen molar-refractivity contribution in [2.24, 2.45) is 0 Å². The number of aromatic nitrogens is 3. The molecule has 2 aromatic heterocycles. The molecule has 2 aromatic rings. The van der Waals surface area contributed by atoms with E-state index in [4.69, 9.17) is 14.2 Å². The molecule has 32 heavy (non-hydrogen) atoms. The van der Waals surface area contributed by atoms with E-state index in [2.05, 4.69) is 4.98 Å². The summed E-state index contributed by atoms with van der Waals surface area (Å²) < 4.78 is 68.8. The summed E-state index contributed by atoms with van der Waals surface area (Å²) in [6.07, 6.45) is -1.33. The van der Waals surface area contributed by atoms with Crippen LogP contribution in [0.2, 0.25) is 0 Å². The van der Waals surface area contributed by atoms with Gasteiger partial charge in [-0.3, -0.25) is 9.36 Å². The molecule has 0 bridgehead atoms. The number of hydrogen-bond acceptors (Lipinski definition) is 7. The Morgan fingerprint density at radius 3 is 2.81 bits per heavy atom. The zero-order valence-electron chi connectivity index (χ0n) is 16.6. The van der Waals surface area contributed by atoms with Crippen LogP contribution >= 0.6 is 0 Å². The van der Waals surface area contributed by atoms with E-state index < -0.39 is 29.8 Å². The molecule has 1 atom stereocenters. The number of ether oxygens (including phenoxy) is 3. The number of alkyl halides is 3. The van der Waals surface area contributed by atoms with Crippen molar-refractivity contribution in [3.63, 3.8) is 0 Å². The van der Waals surface area contributed by atoms with Crippen LogP contribution in [-0.4, -0.2) is 35.7 Å². The molecule has 0 N–H and O–H groups in total. The average Bonchev–Trinajstić information content (AvgIpc) is 2.75. The van der Waals surface area contributed by atoms with Gasteiger partial charge in [-0.25, -0.2) is 4.98 Å². The van der Waals surface area contributed by atoms with Crippen LogP contribution in [0.25, 0.3) is 0 Å². The molecule has 3 rings (SSSR count). The molecular weight excluding hydrogens is 440 g/mol. The minimum Gasteiger partial charge on any atom is -0.618 e. The Balaban J connectivity index is 1.70. The summed E-state index contributed by atoms with van der Waals surface area (Å²) in [6, 6.07) is 2.92. The molecule has 0 amide bonds. The first-order valence-corrected chi connectivity index (χ1v) is 9.55. The van der Waals surface area contributed by atoms with Crippen LogP contribution < -0.4 is 15.0 Å². The molecule has 1 aliphatic rings. The Bertz CT molecular complexity index is 1060. The molecular formula is C19H18F4N4O5. The Labute approximate surface area is 179 Å². The average molecular weight is 458 g/mol. The first kappa shape index (κ1) is 23.4. The molecule has 1 fully saturated rings. The molecule has 9 nitrogen and oxygen atoms in total. The quantitative estimate of drug-likeness (QED) is 0.269. The van der Waals surface area contributed by atoms with E-state index in [1.165, 1.54) is 0 Å². The molecule has 172 valence electrons. The third kappa shape index (κ3) is 5.51. The molecule has 1 unspecified atom stereocenters. The number of pyridine rings is 1. The highest BCUT2D eigenvalue weighted by molar-refractivity contribution is 5.40. The fourth-order valence-electron chi connectivity index (χ4n) is 3.00. The standard InChI is InChI=1S/C19H18F4N4O5/c20-16-17(19(21,22)23)25-11-26(18(16)28)9-13-7-12(8-24)14(10-27(13)29)30-5-6-32-15-3-1-2-4-31-15/h7,10-11,15H,1-6,9H2. The molecule has 0 spiro atoms. The lowest BCUT2D eigenvalue weighted by Crippen LogP contribution is -2.36. The van der Waals surface area contributed by atoms with E-state index in [9.17, 15) is 32.8 Å². The van der Waals surface area contributed by atoms with Crippen LogP contribution in [0, 0.1) is 22.4 Å². The highest BCUT2D eigenvalue weighted by atomic mass is 19.4. The van der Waals surface area contributed by atoms with Gasteiger partial charge in [0.25, 0.3) is 5.56 Å². The van der Waals surface area contributed by atoms with Gasteiger partial charge in [-0.1, -0.05) is 0 Å². The smallest absolute Gasteiger partial charge is 0.436 e. The zero-order chi connectivity index (χ0) is 23.3. The van der Waals surface area contributed by atoms with E-state index in [1.54, 1.807) is 0 Å². The van der Waals surface area contributed by atoms with Gasteiger partial charge < -0.3 is 19.4 Å². The number of rotatable bonds is 7. The van der Waals surface area contributed by atoms with Crippen LogP contribution in [0.5, 0.6) is 5.75 Å². The topological polar surface area (TPSA) is 113 Å².